The lowest BCUT2D eigenvalue weighted by Crippen LogP contribution is -2.08. The van der Waals surface area contributed by atoms with Crippen molar-refractivity contribution in [2.75, 3.05) is 0 Å². The number of halogens is 5. The molecule has 2 aromatic rings. The molecule has 0 aliphatic rings. The van der Waals surface area contributed by atoms with Crippen molar-refractivity contribution in [1.82, 2.24) is 0 Å². The summed E-state index contributed by atoms with van der Waals surface area (Å²) in [6.07, 6.45) is -4.60. The highest BCUT2D eigenvalue weighted by molar-refractivity contribution is 5.26. The molecule has 0 bridgehead atoms. The standard InChI is InChI=1S/C8H6F4.C8H9F.2C2H6/c1-5-2-3-7(9)6(4-5)8(10,11)12;1-6-4-3-5-8(9)7(6)2;2*1-2/h2-4H,1H3;3-5H,1-2H3;2*1-2H3. The maximum absolute atomic E-state index is 12.6. The Morgan fingerprint density at radius 2 is 1.24 bits per heavy atom. The average Bonchev–Trinajstić information content (AvgIpc) is 2.58. The van der Waals surface area contributed by atoms with Crippen LogP contribution in [-0.4, -0.2) is 0 Å². The Bertz CT molecular complexity index is 596. The van der Waals surface area contributed by atoms with E-state index in [1.54, 1.807) is 13.0 Å². The van der Waals surface area contributed by atoms with Gasteiger partial charge in [-0.05, 0) is 50.1 Å². The predicted molar refractivity (Wildman–Crippen MR) is 94.7 cm³/mol. The van der Waals surface area contributed by atoms with E-state index in [9.17, 15) is 22.0 Å². The molecule has 0 nitrogen and oxygen atoms in total. The molecule has 0 saturated heterocycles. The Morgan fingerprint density at radius 1 is 0.720 bits per heavy atom. The lowest BCUT2D eigenvalue weighted by atomic mass is 10.1. The van der Waals surface area contributed by atoms with Gasteiger partial charge in [0.1, 0.15) is 11.6 Å². The Balaban J connectivity index is 0. The van der Waals surface area contributed by atoms with Crippen LogP contribution in [0.3, 0.4) is 0 Å². The average molecular weight is 362 g/mol. The van der Waals surface area contributed by atoms with E-state index in [1.165, 1.54) is 19.1 Å². The normalized spacial score (nSPS) is 9.60. The van der Waals surface area contributed by atoms with Crippen LogP contribution in [0.15, 0.2) is 36.4 Å². The highest BCUT2D eigenvalue weighted by Gasteiger charge is 2.33. The zero-order valence-electron chi connectivity index (χ0n) is 15.9. The number of hydrogen-bond acceptors (Lipinski definition) is 0. The number of hydrogen-bond donors (Lipinski definition) is 0. The largest absolute Gasteiger partial charge is 0.419 e. The molecule has 0 unspecified atom stereocenters. The zero-order valence-corrected chi connectivity index (χ0v) is 15.9. The summed E-state index contributed by atoms with van der Waals surface area (Å²) in [7, 11) is 0. The van der Waals surface area contributed by atoms with Gasteiger partial charge in [0.15, 0.2) is 0 Å². The molecule has 0 spiro atoms. The summed E-state index contributed by atoms with van der Waals surface area (Å²) in [5, 5.41) is 0. The van der Waals surface area contributed by atoms with Gasteiger partial charge in [-0.1, -0.05) is 51.5 Å². The topological polar surface area (TPSA) is 0 Å². The van der Waals surface area contributed by atoms with Gasteiger partial charge in [-0.25, -0.2) is 8.78 Å². The number of alkyl halides is 3. The highest BCUT2D eigenvalue weighted by atomic mass is 19.4. The van der Waals surface area contributed by atoms with Gasteiger partial charge in [0.2, 0.25) is 0 Å². The molecule has 0 heterocycles. The molecule has 2 aromatic carbocycles. The van der Waals surface area contributed by atoms with Crippen LogP contribution in [0.2, 0.25) is 0 Å². The number of rotatable bonds is 0. The van der Waals surface area contributed by atoms with Crippen molar-refractivity contribution in [3.63, 3.8) is 0 Å². The first-order valence-electron chi connectivity index (χ1n) is 8.18. The third-order valence-corrected chi connectivity index (χ3v) is 2.97. The second-order valence-corrected chi connectivity index (χ2v) is 4.66. The Kier molecular flexibility index (Phi) is 12.6. The van der Waals surface area contributed by atoms with Crippen LogP contribution in [0.1, 0.15) is 49.9 Å². The molecule has 25 heavy (non-hydrogen) atoms. The first-order chi connectivity index (χ1) is 11.6. The third-order valence-electron chi connectivity index (χ3n) is 2.97. The van der Waals surface area contributed by atoms with E-state index in [2.05, 4.69) is 0 Å². The third kappa shape index (κ3) is 9.22. The molecule has 0 fully saturated rings. The van der Waals surface area contributed by atoms with E-state index in [4.69, 9.17) is 0 Å². The van der Waals surface area contributed by atoms with Gasteiger partial charge in [-0.3, -0.25) is 0 Å². The van der Waals surface area contributed by atoms with Crippen molar-refractivity contribution >= 4 is 0 Å². The fraction of sp³-hybridized carbons (Fsp3) is 0.400. The molecule has 0 atom stereocenters. The Hall–Kier alpha value is -1.91. The Labute approximate surface area is 147 Å². The van der Waals surface area contributed by atoms with Crippen LogP contribution >= 0.6 is 0 Å². The monoisotopic (exact) mass is 362 g/mol. The quantitative estimate of drug-likeness (QED) is 0.422. The van der Waals surface area contributed by atoms with Crippen LogP contribution in [0.5, 0.6) is 0 Å². The SMILES string of the molecule is CC.CC.Cc1ccc(F)c(C(F)(F)F)c1.Cc1cccc(F)c1C. The van der Waals surface area contributed by atoms with Crippen molar-refractivity contribution in [1.29, 1.82) is 0 Å². The molecule has 0 aliphatic carbocycles. The zero-order chi connectivity index (χ0) is 20.2. The van der Waals surface area contributed by atoms with Crippen LogP contribution in [0.25, 0.3) is 0 Å². The van der Waals surface area contributed by atoms with Crippen molar-refractivity contribution in [3.05, 3.63) is 70.3 Å². The van der Waals surface area contributed by atoms with Crippen molar-refractivity contribution < 1.29 is 22.0 Å². The van der Waals surface area contributed by atoms with Crippen molar-refractivity contribution in [3.8, 4) is 0 Å². The summed E-state index contributed by atoms with van der Waals surface area (Å²) in [6, 6.07) is 8.00. The molecule has 0 amide bonds. The molecule has 142 valence electrons. The molecule has 0 radical (unpaired) electrons. The Morgan fingerprint density at radius 3 is 1.60 bits per heavy atom. The molecule has 5 heteroatoms. The summed E-state index contributed by atoms with van der Waals surface area (Å²) >= 11 is 0. The van der Waals surface area contributed by atoms with Gasteiger partial charge in [-0.15, -0.1) is 0 Å². The first kappa shape index (κ1) is 25.3. The molecule has 0 saturated carbocycles. The van der Waals surface area contributed by atoms with E-state index in [1.807, 2.05) is 40.7 Å². The van der Waals surface area contributed by atoms with Gasteiger partial charge >= 0.3 is 6.18 Å². The van der Waals surface area contributed by atoms with E-state index in [-0.39, 0.29) is 5.82 Å². The smallest absolute Gasteiger partial charge is 0.207 e. The van der Waals surface area contributed by atoms with E-state index in [0.717, 1.165) is 23.3 Å². The van der Waals surface area contributed by atoms with E-state index < -0.39 is 17.6 Å². The molecule has 0 N–H and O–H groups in total. The summed E-state index contributed by atoms with van der Waals surface area (Å²) in [5.74, 6) is -1.34. The number of benzene rings is 2. The van der Waals surface area contributed by atoms with Crippen LogP contribution in [-0.2, 0) is 6.18 Å². The molecule has 2 rings (SSSR count). The van der Waals surface area contributed by atoms with Gasteiger partial charge in [0, 0.05) is 0 Å². The first-order valence-corrected chi connectivity index (χ1v) is 8.18. The number of aryl methyl sites for hydroxylation is 2. The van der Waals surface area contributed by atoms with Crippen LogP contribution in [0, 0.1) is 32.4 Å². The minimum Gasteiger partial charge on any atom is -0.207 e. The predicted octanol–water partition coefficient (Wildman–Crippen LogP) is 7.65. The van der Waals surface area contributed by atoms with Crippen molar-refractivity contribution in [2.45, 2.75) is 54.6 Å². The summed E-state index contributed by atoms with van der Waals surface area (Å²) in [5.41, 5.74) is 0.943. The molecule has 0 aliphatic heterocycles. The van der Waals surface area contributed by atoms with Gasteiger partial charge in [0.25, 0.3) is 0 Å². The lowest BCUT2D eigenvalue weighted by molar-refractivity contribution is -0.140. The minimum absolute atomic E-state index is 0.116. The fourth-order valence-corrected chi connectivity index (χ4v) is 1.57. The maximum atomic E-state index is 12.6. The van der Waals surface area contributed by atoms with Gasteiger partial charge < -0.3 is 0 Å². The van der Waals surface area contributed by atoms with Crippen LogP contribution in [0.4, 0.5) is 22.0 Å². The minimum atomic E-state index is -4.60. The molecular formula is C20H27F5. The van der Waals surface area contributed by atoms with E-state index in [0.29, 0.717) is 5.56 Å². The summed E-state index contributed by atoms with van der Waals surface area (Å²) in [6.45, 7) is 13.2. The molecular weight excluding hydrogens is 335 g/mol. The van der Waals surface area contributed by atoms with Gasteiger partial charge in [0.05, 0.1) is 5.56 Å². The molecule has 0 aromatic heterocycles. The van der Waals surface area contributed by atoms with E-state index >= 15 is 0 Å². The fourth-order valence-electron chi connectivity index (χ4n) is 1.57. The summed E-state index contributed by atoms with van der Waals surface area (Å²) in [4.78, 5) is 0. The maximum Gasteiger partial charge on any atom is 0.419 e. The van der Waals surface area contributed by atoms with Crippen LogP contribution < -0.4 is 0 Å². The lowest BCUT2D eigenvalue weighted by Gasteiger charge is -2.07. The summed E-state index contributed by atoms with van der Waals surface area (Å²) < 4.78 is 61.1. The van der Waals surface area contributed by atoms with Gasteiger partial charge in [-0.2, -0.15) is 13.2 Å². The second-order valence-electron chi connectivity index (χ2n) is 4.66. The van der Waals surface area contributed by atoms with Crippen molar-refractivity contribution in [2.24, 2.45) is 0 Å². The second kappa shape index (κ2) is 12.5. The highest BCUT2D eigenvalue weighted by Crippen LogP contribution is 2.31.